The molecule has 0 fully saturated rings. The molecule has 0 atom stereocenters. The van der Waals surface area contributed by atoms with E-state index in [4.69, 9.17) is 27.9 Å². The second kappa shape index (κ2) is 11.3. The first kappa shape index (κ1) is 23.4. The maximum atomic E-state index is 12.1. The predicted molar refractivity (Wildman–Crippen MR) is 114 cm³/mol. The average molecular weight is 451 g/mol. The van der Waals surface area contributed by atoms with E-state index in [1.54, 1.807) is 12.1 Å². The van der Waals surface area contributed by atoms with Crippen LogP contribution >= 0.6 is 23.2 Å². The van der Waals surface area contributed by atoms with Crippen molar-refractivity contribution in [2.45, 2.75) is 19.8 Å². The maximum Gasteiger partial charge on any atom is 0.325 e. The van der Waals surface area contributed by atoms with Crippen LogP contribution in [0, 0.1) is 0 Å². The standard InChI is InChI=1S/C21H20Cl2N2O5/c1-2-3-19(27)25-15-7-4-13(5-8-15)18(26)12-30-20(28)11-24-21(29)14-6-9-16(22)17(23)10-14/h4-10H,2-3,11-12H2,1H3,(H,24,29)(H,25,27). The summed E-state index contributed by atoms with van der Waals surface area (Å²) in [7, 11) is 0. The zero-order valence-corrected chi connectivity index (χ0v) is 17.7. The Morgan fingerprint density at radius 2 is 1.60 bits per heavy atom. The van der Waals surface area contributed by atoms with Crippen molar-refractivity contribution in [3.05, 3.63) is 63.6 Å². The van der Waals surface area contributed by atoms with Gasteiger partial charge in [0, 0.05) is 23.2 Å². The zero-order chi connectivity index (χ0) is 22.1. The SMILES string of the molecule is CCCC(=O)Nc1ccc(C(=O)COC(=O)CNC(=O)c2ccc(Cl)c(Cl)c2)cc1. The topological polar surface area (TPSA) is 102 Å². The van der Waals surface area contributed by atoms with Crippen LogP contribution < -0.4 is 10.6 Å². The van der Waals surface area contributed by atoms with Gasteiger partial charge in [0.1, 0.15) is 6.54 Å². The molecule has 2 aromatic rings. The number of ether oxygens (including phenoxy) is 1. The number of nitrogens with one attached hydrogen (secondary N) is 2. The molecule has 0 radical (unpaired) electrons. The van der Waals surface area contributed by atoms with Gasteiger partial charge in [-0.3, -0.25) is 19.2 Å². The molecule has 2 rings (SSSR count). The molecule has 0 aliphatic carbocycles. The maximum absolute atomic E-state index is 12.1. The lowest BCUT2D eigenvalue weighted by Gasteiger charge is -2.08. The summed E-state index contributed by atoms with van der Waals surface area (Å²) in [5.41, 5.74) is 1.14. The average Bonchev–Trinajstić information content (AvgIpc) is 2.72. The Morgan fingerprint density at radius 3 is 2.23 bits per heavy atom. The van der Waals surface area contributed by atoms with Gasteiger partial charge < -0.3 is 15.4 Å². The van der Waals surface area contributed by atoms with Crippen molar-refractivity contribution >= 4 is 52.5 Å². The Morgan fingerprint density at radius 1 is 0.933 bits per heavy atom. The molecule has 0 heterocycles. The molecule has 2 N–H and O–H groups in total. The van der Waals surface area contributed by atoms with E-state index >= 15 is 0 Å². The first-order valence-electron chi connectivity index (χ1n) is 9.12. The minimum Gasteiger partial charge on any atom is -0.456 e. The molecule has 0 aliphatic heterocycles. The van der Waals surface area contributed by atoms with E-state index in [0.717, 1.165) is 6.42 Å². The minimum absolute atomic E-state index is 0.103. The molecule has 0 aromatic heterocycles. The highest BCUT2D eigenvalue weighted by Gasteiger charge is 2.13. The summed E-state index contributed by atoms with van der Waals surface area (Å²) < 4.78 is 4.89. The monoisotopic (exact) mass is 450 g/mol. The van der Waals surface area contributed by atoms with Crippen LogP contribution in [0.2, 0.25) is 10.0 Å². The molecule has 158 valence electrons. The molecule has 9 heteroatoms. The highest BCUT2D eigenvalue weighted by Crippen LogP contribution is 2.22. The number of hydrogen-bond donors (Lipinski definition) is 2. The Bertz CT molecular complexity index is 945. The van der Waals surface area contributed by atoms with Crippen LogP contribution in [-0.4, -0.2) is 36.7 Å². The summed E-state index contributed by atoms with van der Waals surface area (Å²) in [6.45, 7) is 1.03. The lowest BCUT2D eigenvalue weighted by atomic mass is 10.1. The summed E-state index contributed by atoms with van der Waals surface area (Å²) in [5, 5.41) is 5.62. The molecule has 0 spiro atoms. The second-order valence-electron chi connectivity index (χ2n) is 6.27. The van der Waals surface area contributed by atoms with E-state index in [1.807, 2.05) is 6.92 Å². The molecule has 2 aromatic carbocycles. The van der Waals surface area contributed by atoms with Gasteiger partial charge in [-0.15, -0.1) is 0 Å². The van der Waals surface area contributed by atoms with Crippen molar-refractivity contribution in [1.29, 1.82) is 0 Å². The van der Waals surface area contributed by atoms with Crippen molar-refractivity contribution in [3.8, 4) is 0 Å². The Kier molecular flexibility index (Phi) is 8.83. The lowest BCUT2D eigenvalue weighted by Crippen LogP contribution is -2.31. The number of halogens is 2. The van der Waals surface area contributed by atoms with Gasteiger partial charge in [0.05, 0.1) is 10.0 Å². The number of carbonyl (C=O) groups is 4. The second-order valence-corrected chi connectivity index (χ2v) is 7.09. The van der Waals surface area contributed by atoms with Crippen LogP contribution in [-0.2, 0) is 14.3 Å². The number of carbonyl (C=O) groups excluding carboxylic acids is 4. The van der Waals surface area contributed by atoms with E-state index in [0.29, 0.717) is 22.7 Å². The van der Waals surface area contributed by atoms with Crippen LogP contribution in [0.15, 0.2) is 42.5 Å². The zero-order valence-electron chi connectivity index (χ0n) is 16.2. The summed E-state index contributed by atoms with van der Waals surface area (Å²) in [5.74, 6) is -1.81. The van der Waals surface area contributed by atoms with E-state index in [1.165, 1.54) is 30.3 Å². The Balaban J connectivity index is 1.78. The molecular weight excluding hydrogens is 431 g/mol. The van der Waals surface area contributed by atoms with Crippen LogP contribution in [0.5, 0.6) is 0 Å². The predicted octanol–water partition coefficient (Wildman–Crippen LogP) is 3.89. The Labute approximate surface area is 183 Å². The van der Waals surface area contributed by atoms with E-state index in [9.17, 15) is 19.2 Å². The number of esters is 1. The fraction of sp³-hybridized carbons (Fsp3) is 0.238. The van der Waals surface area contributed by atoms with E-state index in [2.05, 4.69) is 10.6 Å². The minimum atomic E-state index is -0.764. The van der Waals surface area contributed by atoms with Crippen LogP contribution in [0.4, 0.5) is 5.69 Å². The van der Waals surface area contributed by atoms with Gasteiger partial charge in [-0.1, -0.05) is 30.1 Å². The molecular formula is C21H20Cl2N2O5. The summed E-state index contributed by atoms with van der Waals surface area (Å²) in [6, 6.07) is 10.6. The van der Waals surface area contributed by atoms with Crippen LogP contribution in [0.1, 0.15) is 40.5 Å². The quantitative estimate of drug-likeness (QED) is 0.445. The lowest BCUT2D eigenvalue weighted by molar-refractivity contribution is -0.141. The normalized spacial score (nSPS) is 10.2. The van der Waals surface area contributed by atoms with E-state index in [-0.39, 0.29) is 16.5 Å². The van der Waals surface area contributed by atoms with Gasteiger partial charge in [-0.05, 0) is 48.9 Å². The van der Waals surface area contributed by atoms with Crippen LogP contribution in [0.25, 0.3) is 0 Å². The highest BCUT2D eigenvalue weighted by atomic mass is 35.5. The van der Waals surface area contributed by atoms with Crippen molar-refractivity contribution in [3.63, 3.8) is 0 Å². The van der Waals surface area contributed by atoms with Crippen LogP contribution in [0.3, 0.4) is 0 Å². The molecule has 2 amide bonds. The number of hydrogen-bond acceptors (Lipinski definition) is 5. The first-order valence-corrected chi connectivity index (χ1v) is 9.87. The Hall–Kier alpha value is -2.90. The van der Waals surface area contributed by atoms with Gasteiger partial charge in [0.25, 0.3) is 5.91 Å². The van der Waals surface area contributed by atoms with Gasteiger partial charge >= 0.3 is 5.97 Å². The van der Waals surface area contributed by atoms with Gasteiger partial charge in [0.15, 0.2) is 12.4 Å². The number of Topliss-reactive ketones (excluding diaryl/α,β-unsaturated/α-hetero) is 1. The number of benzene rings is 2. The van der Waals surface area contributed by atoms with Gasteiger partial charge in [0.2, 0.25) is 5.91 Å². The molecule has 30 heavy (non-hydrogen) atoms. The molecule has 7 nitrogen and oxygen atoms in total. The highest BCUT2D eigenvalue weighted by molar-refractivity contribution is 6.42. The number of anilines is 1. The molecule has 0 saturated heterocycles. The van der Waals surface area contributed by atoms with Crippen molar-refractivity contribution < 1.29 is 23.9 Å². The van der Waals surface area contributed by atoms with Crippen molar-refractivity contribution in [1.82, 2.24) is 5.32 Å². The molecule has 0 aliphatic rings. The fourth-order valence-electron chi connectivity index (χ4n) is 2.36. The molecule has 0 unspecified atom stereocenters. The molecule has 0 bridgehead atoms. The largest absolute Gasteiger partial charge is 0.456 e. The summed E-state index contributed by atoms with van der Waals surface area (Å²) >= 11 is 11.6. The third-order valence-electron chi connectivity index (χ3n) is 3.91. The number of amides is 2. The summed E-state index contributed by atoms with van der Waals surface area (Å²) in [6.07, 6.45) is 1.15. The van der Waals surface area contributed by atoms with Crippen molar-refractivity contribution in [2.75, 3.05) is 18.5 Å². The van der Waals surface area contributed by atoms with Gasteiger partial charge in [-0.25, -0.2) is 0 Å². The van der Waals surface area contributed by atoms with E-state index < -0.39 is 30.8 Å². The smallest absolute Gasteiger partial charge is 0.325 e. The van der Waals surface area contributed by atoms with Gasteiger partial charge in [-0.2, -0.15) is 0 Å². The molecule has 0 saturated carbocycles. The number of ketones is 1. The first-order chi connectivity index (χ1) is 14.3. The van der Waals surface area contributed by atoms with Crippen molar-refractivity contribution in [2.24, 2.45) is 0 Å². The fourth-order valence-corrected chi connectivity index (χ4v) is 2.66. The number of rotatable bonds is 9. The third kappa shape index (κ3) is 7.17. The summed E-state index contributed by atoms with van der Waals surface area (Å²) in [4.78, 5) is 47.5. The third-order valence-corrected chi connectivity index (χ3v) is 4.65.